The second-order valence-electron chi connectivity index (χ2n) is 5.58. The Labute approximate surface area is 124 Å². The van der Waals surface area contributed by atoms with E-state index >= 15 is 0 Å². The summed E-state index contributed by atoms with van der Waals surface area (Å²) in [6, 6.07) is 6.15. The summed E-state index contributed by atoms with van der Waals surface area (Å²) >= 11 is 3.50. The second kappa shape index (κ2) is 6.76. The maximum atomic E-state index is 6.31. The first-order valence-corrected chi connectivity index (χ1v) is 8.12. The fourth-order valence-corrected chi connectivity index (χ4v) is 3.32. The SMILES string of the molecule is CCC1CCCCC1Oc1ccc(Br)cc1C(C)N. The molecule has 1 fully saturated rings. The minimum atomic E-state index is -0.00355. The van der Waals surface area contributed by atoms with Gasteiger partial charge in [0.15, 0.2) is 0 Å². The highest BCUT2D eigenvalue weighted by Gasteiger charge is 2.26. The van der Waals surface area contributed by atoms with Gasteiger partial charge in [-0.1, -0.05) is 29.3 Å². The summed E-state index contributed by atoms with van der Waals surface area (Å²) in [6.45, 7) is 4.27. The largest absolute Gasteiger partial charge is 0.490 e. The van der Waals surface area contributed by atoms with Crippen molar-refractivity contribution in [2.24, 2.45) is 11.7 Å². The van der Waals surface area contributed by atoms with E-state index in [1.807, 2.05) is 19.1 Å². The van der Waals surface area contributed by atoms with E-state index in [1.165, 1.54) is 32.1 Å². The standard InChI is InChI=1S/C16H24BrNO/c1-3-12-6-4-5-7-15(12)19-16-9-8-13(17)10-14(16)11(2)18/h8-12,15H,3-7,18H2,1-2H3. The van der Waals surface area contributed by atoms with E-state index in [1.54, 1.807) is 0 Å². The average Bonchev–Trinajstić information content (AvgIpc) is 2.41. The van der Waals surface area contributed by atoms with Gasteiger partial charge >= 0.3 is 0 Å². The number of rotatable bonds is 4. The van der Waals surface area contributed by atoms with Crippen molar-refractivity contribution in [3.8, 4) is 5.75 Å². The van der Waals surface area contributed by atoms with Crippen molar-refractivity contribution in [1.82, 2.24) is 0 Å². The van der Waals surface area contributed by atoms with Crippen molar-refractivity contribution in [3.05, 3.63) is 28.2 Å². The quantitative estimate of drug-likeness (QED) is 0.861. The first-order valence-electron chi connectivity index (χ1n) is 7.33. The normalized spacial score (nSPS) is 25.1. The fraction of sp³-hybridized carbons (Fsp3) is 0.625. The molecule has 1 aromatic rings. The Bertz CT molecular complexity index is 419. The van der Waals surface area contributed by atoms with Crippen LogP contribution in [0.25, 0.3) is 0 Å². The third-order valence-electron chi connectivity index (χ3n) is 4.10. The smallest absolute Gasteiger partial charge is 0.124 e. The van der Waals surface area contributed by atoms with Gasteiger partial charge in [0.05, 0.1) is 0 Å². The number of ether oxygens (including phenoxy) is 1. The van der Waals surface area contributed by atoms with Crippen LogP contribution in [0.2, 0.25) is 0 Å². The van der Waals surface area contributed by atoms with Crippen molar-refractivity contribution >= 4 is 15.9 Å². The zero-order chi connectivity index (χ0) is 13.8. The van der Waals surface area contributed by atoms with E-state index in [9.17, 15) is 0 Å². The summed E-state index contributed by atoms with van der Waals surface area (Å²) in [7, 11) is 0. The Morgan fingerprint density at radius 2 is 2.11 bits per heavy atom. The number of hydrogen-bond donors (Lipinski definition) is 1. The topological polar surface area (TPSA) is 35.2 Å². The van der Waals surface area contributed by atoms with Crippen LogP contribution >= 0.6 is 15.9 Å². The summed E-state index contributed by atoms with van der Waals surface area (Å²) in [6.07, 6.45) is 6.66. The average molecular weight is 326 g/mol. The van der Waals surface area contributed by atoms with Crippen LogP contribution in [0.1, 0.15) is 57.6 Å². The molecule has 0 radical (unpaired) electrons. The molecule has 19 heavy (non-hydrogen) atoms. The van der Waals surface area contributed by atoms with Crippen molar-refractivity contribution in [1.29, 1.82) is 0 Å². The van der Waals surface area contributed by atoms with Gasteiger partial charge in [-0.25, -0.2) is 0 Å². The van der Waals surface area contributed by atoms with Crippen LogP contribution in [-0.2, 0) is 0 Å². The van der Waals surface area contributed by atoms with E-state index < -0.39 is 0 Å². The maximum absolute atomic E-state index is 6.31. The lowest BCUT2D eigenvalue weighted by molar-refractivity contribution is 0.0891. The predicted molar refractivity (Wildman–Crippen MR) is 83.4 cm³/mol. The molecule has 1 aromatic carbocycles. The molecule has 0 aromatic heterocycles. The molecule has 1 aliphatic carbocycles. The lowest BCUT2D eigenvalue weighted by Crippen LogP contribution is -2.30. The number of benzene rings is 1. The molecular weight excluding hydrogens is 302 g/mol. The lowest BCUT2D eigenvalue weighted by Gasteiger charge is -2.32. The highest BCUT2D eigenvalue weighted by atomic mass is 79.9. The van der Waals surface area contributed by atoms with Crippen LogP contribution in [0.3, 0.4) is 0 Å². The molecule has 0 amide bonds. The van der Waals surface area contributed by atoms with E-state index in [4.69, 9.17) is 10.5 Å². The van der Waals surface area contributed by atoms with Crippen molar-refractivity contribution in [3.63, 3.8) is 0 Å². The molecule has 3 atom stereocenters. The molecule has 1 saturated carbocycles. The second-order valence-corrected chi connectivity index (χ2v) is 6.50. The van der Waals surface area contributed by atoms with Crippen LogP contribution < -0.4 is 10.5 Å². The van der Waals surface area contributed by atoms with Gasteiger partial charge in [-0.2, -0.15) is 0 Å². The lowest BCUT2D eigenvalue weighted by atomic mass is 9.84. The van der Waals surface area contributed by atoms with Gasteiger partial charge in [-0.15, -0.1) is 0 Å². The first-order chi connectivity index (χ1) is 9.11. The van der Waals surface area contributed by atoms with Gasteiger partial charge < -0.3 is 10.5 Å². The summed E-state index contributed by atoms with van der Waals surface area (Å²) in [5.41, 5.74) is 7.15. The van der Waals surface area contributed by atoms with Crippen LogP contribution in [-0.4, -0.2) is 6.10 Å². The number of hydrogen-bond acceptors (Lipinski definition) is 2. The van der Waals surface area contributed by atoms with Gasteiger partial charge in [-0.3, -0.25) is 0 Å². The molecule has 2 nitrogen and oxygen atoms in total. The van der Waals surface area contributed by atoms with Gasteiger partial charge in [0, 0.05) is 16.1 Å². The Kier molecular flexibility index (Phi) is 5.28. The minimum Gasteiger partial charge on any atom is -0.490 e. The zero-order valence-corrected chi connectivity index (χ0v) is 13.4. The molecule has 3 heteroatoms. The van der Waals surface area contributed by atoms with Crippen molar-refractivity contribution < 1.29 is 4.74 Å². The molecule has 2 rings (SSSR count). The first kappa shape index (κ1) is 14.9. The minimum absolute atomic E-state index is 0.00355. The molecule has 2 N–H and O–H groups in total. The third kappa shape index (κ3) is 3.73. The molecule has 0 spiro atoms. The number of nitrogens with two attached hydrogens (primary N) is 1. The molecular formula is C16H24BrNO. The monoisotopic (exact) mass is 325 g/mol. The Morgan fingerprint density at radius 3 is 2.79 bits per heavy atom. The highest BCUT2D eigenvalue weighted by Crippen LogP contribution is 2.34. The van der Waals surface area contributed by atoms with Gasteiger partial charge in [0.2, 0.25) is 0 Å². The Balaban J connectivity index is 2.17. The molecule has 0 heterocycles. The Hall–Kier alpha value is -0.540. The van der Waals surface area contributed by atoms with E-state index in [-0.39, 0.29) is 6.04 Å². The maximum Gasteiger partial charge on any atom is 0.124 e. The van der Waals surface area contributed by atoms with E-state index in [0.29, 0.717) is 12.0 Å². The summed E-state index contributed by atoms with van der Waals surface area (Å²) < 4.78 is 7.36. The summed E-state index contributed by atoms with van der Waals surface area (Å²) in [5.74, 6) is 1.65. The van der Waals surface area contributed by atoms with Crippen LogP contribution in [0.15, 0.2) is 22.7 Å². The molecule has 1 aliphatic rings. The molecule has 106 valence electrons. The Morgan fingerprint density at radius 1 is 1.37 bits per heavy atom. The molecule has 0 aliphatic heterocycles. The number of halogens is 1. The van der Waals surface area contributed by atoms with Gasteiger partial charge in [-0.05, 0) is 56.7 Å². The third-order valence-corrected chi connectivity index (χ3v) is 4.60. The van der Waals surface area contributed by atoms with Crippen LogP contribution in [0.5, 0.6) is 5.75 Å². The van der Waals surface area contributed by atoms with Crippen LogP contribution in [0, 0.1) is 5.92 Å². The van der Waals surface area contributed by atoms with E-state index in [0.717, 1.165) is 15.8 Å². The predicted octanol–water partition coefficient (Wildman–Crippen LogP) is 4.82. The van der Waals surface area contributed by atoms with Gasteiger partial charge in [0.25, 0.3) is 0 Å². The van der Waals surface area contributed by atoms with Crippen molar-refractivity contribution in [2.45, 2.75) is 58.1 Å². The van der Waals surface area contributed by atoms with Gasteiger partial charge in [0.1, 0.15) is 11.9 Å². The summed E-state index contributed by atoms with van der Waals surface area (Å²) in [4.78, 5) is 0. The molecule has 3 unspecified atom stereocenters. The summed E-state index contributed by atoms with van der Waals surface area (Å²) in [5, 5.41) is 0. The molecule has 0 bridgehead atoms. The van der Waals surface area contributed by atoms with Crippen molar-refractivity contribution in [2.75, 3.05) is 0 Å². The van der Waals surface area contributed by atoms with Crippen LogP contribution in [0.4, 0.5) is 0 Å². The fourth-order valence-electron chi connectivity index (χ4n) is 2.94. The molecule has 0 saturated heterocycles. The van der Waals surface area contributed by atoms with E-state index in [2.05, 4.69) is 28.9 Å². The zero-order valence-electron chi connectivity index (χ0n) is 11.9. The highest BCUT2D eigenvalue weighted by molar-refractivity contribution is 9.10.